The second-order valence-corrected chi connectivity index (χ2v) is 7.52. The minimum absolute atomic E-state index is 0.190. The third kappa shape index (κ3) is 3.50. The van der Waals surface area contributed by atoms with Gasteiger partial charge in [0.05, 0.1) is 6.54 Å². The first kappa shape index (κ1) is 13.9. The maximum atomic E-state index is 12.1. The highest BCUT2D eigenvalue weighted by Gasteiger charge is 2.32. The number of amides is 1. The lowest BCUT2D eigenvalue weighted by atomic mass is 9.70. The number of carbonyl (C=O) groups excluding carboxylic acids is 1. The van der Waals surface area contributed by atoms with Crippen LogP contribution < -0.4 is 5.32 Å². The Hall–Kier alpha value is -0.510. The van der Waals surface area contributed by atoms with E-state index in [1.807, 2.05) is 0 Å². The molecule has 0 aromatic rings. The Labute approximate surface area is 114 Å². The van der Waals surface area contributed by atoms with Crippen molar-refractivity contribution in [1.29, 1.82) is 0 Å². The van der Waals surface area contributed by atoms with Crippen molar-refractivity contribution in [2.45, 2.75) is 46.5 Å². The van der Waals surface area contributed by atoms with Crippen LogP contribution in [0.4, 0.5) is 0 Å². The number of nitrogens with one attached hydrogen (secondary N) is 1. The Balaban J connectivity index is 1.80. The first-order valence-electron chi connectivity index (χ1n) is 6.95. The molecule has 102 valence electrons. The van der Waals surface area contributed by atoms with E-state index in [4.69, 9.17) is 0 Å². The molecule has 0 aromatic carbocycles. The van der Waals surface area contributed by atoms with E-state index >= 15 is 0 Å². The van der Waals surface area contributed by atoms with Gasteiger partial charge in [-0.05, 0) is 37.0 Å². The summed E-state index contributed by atoms with van der Waals surface area (Å²) in [4.78, 5) is 16.4. The highest BCUT2D eigenvalue weighted by molar-refractivity contribution is 8.14. The smallest absolute Gasteiger partial charge is 0.229 e. The lowest BCUT2D eigenvalue weighted by Gasteiger charge is -2.36. The van der Waals surface area contributed by atoms with Gasteiger partial charge in [0, 0.05) is 11.7 Å². The molecule has 0 bridgehead atoms. The summed E-state index contributed by atoms with van der Waals surface area (Å²) in [5, 5.41) is 3.81. The Kier molecular flexibility index (Phi) is 4.36. The van der Waals surface area contributed by atoms with Crippen molar-refractivity contribution in [3.05, 3.63) is 0 Å². The number of hydrogen-bond donors (Lipinski definition) is 1. The summed E-state index contributed by atoms with van der Waals surface area (Å²) in [6.45, 7) is 7.77. The molecule has 0 radical (unpaired) electrons. The first-order chi connectivity index (χ1) is 8.47. The van der Waals surface area contributed by atoms with Gasteiger partial charge in [-0.2, -0.15) is 0 Å². The Morgan fingerprint density at radius 3 is 2.44 bits per heavy atom. The van der Waals surface area contributed by atoms with Crippen LogP contribution in [0.25, 0.3) is 0 Å². The van der Waals surface area contributed by atoms with Gasteiger partial charge in [-0.15, -0.1) is 0 Å². The van der Waals surface area contributed by atoms with E-state index < -0.39 is 0 Å². The number of hydrogen-bond acceptors (Lipinski definition) is 3. The molecule has 1 aliphatic carbocycles. The van der Waals surface area contributed by atoms with Crippen molar-refractivity contribution in [3.63, 3.8) is 0 Å². The molecule has 1 N–H and O–H groups in total. The molecule has 4 heteroatoms. The number of aliphatic imine (C=N–C) groups is 1. The highest BCUT2D eigenvalue weighted by Crippen LogP contribution is 2.39. The van der Waals surface area contributed by atoms with Gasteiger partial charge in [0.25, 0.3) is 0 Å². The maximum Gasteiger partial charge on any atom is 0.229 e. The van der Waals surface area contributed by atoms with Crippen LogP contribution in [0.15, 0.2) is 4.99 Å². The second kappa shape index (κ2) is 5.64. The summed E-state index contributed by atoms with van der Waals surface area (Å²) in [5.41, 5.74) is 0.382. The summed E-state index contributed by atoms with van der Waals surface area (Å²) in [6, 6.07) is 0. The maximum absolute atomic E-state index is 12.1. The molecule has 0 unspecified atom stereocenters. The van der Waals surface area contributed by atoms with E-state index in [9.17, 15) is 4.79 Å². The Bertz CT molecular complexity index is 338. The predicted molar refractivity (Wildman–Crippen MR) is 77.8 cm³/mol. The van der Waals surface area contributed by atoms with E-state index in [0.717, 1.165) is 36.2 Å². The Morgan fingerprint density at radius 1 is 1.28 bits per heavy atom. The summed E-state index contributed by atoms with van der Waals surface area (Å²) < 4.78 is 0. The molecule has 0 saturated heterocycles. The molecule has 1 saturated carbocycles. The van der Waals surface area contributed by atoms with Crippen molar-refractivity contribution < 1.29 is 4.79 Å². The van der Waals surface area contributed by atoms with Gasteiger partial charge in [0.1, 0.15) is 0 Å². The van der Waals surface area contributed by atoms with E-state index in [1.54, 1.807) is 11.8 Å². The van der Waals surface area contributed by atoms with Crippen LogP contribution in [0.3, 0.4) is 0 Å². The van der Waals surface area contributed by atoms with Crippen LogP contribution >= 0.6 is 11.8 Å². The summed E-state index contributed by atoms with van der Waals surface area (Å²) in [7, 11) is 0. The molecule has 0 aromatic heterocycles. The number of nitrogens with zero attached hydrogens (tertiary/aromatic N) is 1. The number of thioether (sulfide) groups is 1. The second-order valence-electron chi connectivity index (χ2n) is 6.44. The lowest BCUT2D eigenvalue weighted by Crippen LogP contribution is -2.37. The Morgan fingerprint density at radius 2 is 1.94 bits per heavy atom. The van der Waals surface area contributed by atoms with Crippen LogP contribution in [0.1, 0.15) is 46.5 Å². The summed E-state index contributed by atoms with van der Waals surface area (Å²) in [5.74, 6) is 2.16. The van der Waals surface area contributed by atoms with Gasteiger partial charge >= 0.3 is 0 Å². The SMILES string of the molecule is CC(C)(C)C1CCC(C(=O)NC2=NCCS2)CC1. The van der Waals surface area contributed by atoms with Crippen LogP contribution in [0.5, 0.6) is 0 Å². The van der Waals surface area contributed by atoms with Crippen LogP contribution in [0, 0.1) is 17.3 Å². The minimum Gasteiger partial charge on any atom is -0.305 e. The minimum atomic E-state index is 0.190. The van der Waals surface area contributed by atoms with Crippen molar-refractivity contribution in [1.82, 2.24) is 5.32 Å². The average Bonchev–Trinajstić information content (AvgIpc) is 2.81. The predicted octanol–water partition coefficient (Wildman–Crippen LogP) is 3.06. The van der Waals surface area contributed by atoms with E-state index in [2.05, 4.69) is 31.1 Å². The van der Waals surface area contributed by atoms with Gasteiger partial charge in [-0.1, -0.05) is 32.5 Å². The lowest BCUT2D eigenvalue weighted by molar-refractivity contribution is -0.125. The average molecular weight is 268 g/mol. The molecule has 1 heterocycles. The first-order valence-corrected chi connectivity index (χ1v) is 7.93. The zero-order chi connectivity index (χ0) is 13.2. The van der Waals surface area contributed by atoms with Crippen LogP contribution in [-0.4, -0.2) is 23.4 Å². The third-order valence-electron chi connectivity index (χ3n) is 4.14. The molecule has 0 atom stereocenters. The third-order valence-corrected chi connectivity index (χ3v) is 5.03. The summed E-state index contributed by atoms with van der Waals surface area (Å²) >= 11 is 1.66. The molecular formula is C14H24N2OS. The van der Waals surface area contributed by atoms with Gasteiger partial charge in [-0.25, -0.2) is 0 Å². The number of amidine groups is 1. The molecule has 1 amide bonds. The fraction of sp³-hybridized carbons (Fsp3) is 0.857. The fourth-order valence-electron chi connectivity index (χ4n) is 2.84. The van der Waals surface area contributed by atoms with Gasteiger partial charge in [0.15, 0.2) is 5.17 Å². The summed E-state index contributed by atoms with van der Waals surface area (Å²) in [6.07, 6.45) is 4.43. The standard InChI is InChI=1S/C14H24N2OS/c1-14(2,3)11-6-4-10(5-7-11)12(17)16-13-15-8-9-18-13/h10-11H,4-9H2,1-3H3,(H,15,16,17). The van der Waals surface area contributed by atoms with E-state index in [1.165, 1.54) is 12.8 Å². The quantitative estimate of drug-likeness (QED) is 0.794. The fourth-order valence-corrected chi connectivity index (χ4v) is 3.57. The number of carbonyl (C=O) groups is 1. The zero-order valence-electron chi connectivity index (χ0n) is 11.7. The molecule has 1 fully saturated rings. The van der Waals surface area contributed by atoms with Crippen molar-refractivity contribution in [2.75, 3.05) is 12.3 Å². The van der Waals surface area contributed by atoms with Crippen molar-refractivity contribution in [2.24, 2.45) is 22.2 Å². The van der Waals surface area contributed by atoms with E-state index in [-0.39, 0.29) is 11.8 Å². The topological polar surface area (TPSA) is 41.5 Å². The zero-order valence-corrected chi connectivity index (χ0v) is 12.5. The number of rotatable bonds is 1. The molecular weight excluding hydrogens is 244 g/mol. The largest absolute Gasteiger partial charge is 0.305 e. The van der Waals surface area contributed by atoms with Crippen LogP contribution in [-0.2, 0) is 4.79 Å². The van der Waals surface area contributed by atoms with Crippen LogP contribution in [0.2, 0.25) is 0 Å². The monoisotopic (exact) mass is 268 g/mol. The van der Waals surface area contributed by atoms with Crippen molar-refractivity contribution >= 4 is 22.8 Å². The van der Waals surface area contributed by atoms with Gasteiger partial charge < -0.3 is 5.32 Å². The molecule has 2 aliphatic rings. The highest BCUT2D eigenvalue weighted by atomic mass is 32.2. The molecule has 18 heavy (non-hydrogen) atoms. The molecule has 2 rings (SSSR count). The molecule has 0 spiro atoms. The molecule has 1 aliphatic heterocycles. The van der Waals surface area contributed by atoms with Gasteiger partial charge in [-0.3, -0.25) is 9.79 Å². The van der Waals surface area contributed by atoms with Crippen molar-refractivity contribution in [3.8, 4) is 0 Å². The molecule has 3 nitrogen and oxygen atoms in total. The normalized spacial score (nSPS) is 28.9. The van der Waals surface area contributed by atoms with Gasteiger partial charge in [0.2, 0.25) is 5.91 Å². The van der Waals surface area contributed by atoms with E-state index in [0.29, 0.717) is 5.41 Å².